The van der Waals surface area contributed by atoms with Gasteiger partial charge in [-0.3, -0.25) is 9.59 Å². The number of amides is 2. The molecule has 20 heavy (non-hydrogen) atoms. The van der Waals surface area contributed by atoms with Gasteiger partial charge in [0.2, 0.25) is 11.8 Å². The van der Waals surface area contributed by atoms with Crippen molar-refractivity contribution in [3.05, 3.63) is 35.5 Å². The highest BCUT2D eigenvalue weighted by atomic mass is 16.2. The van der Waals surface area contributed by atoms with Crippen molar-refractivity contribution in [3.8, 4) is 0 Å². The highest BCUT2D eigenvalue weighted by molar-refractivity contribution is 5.95. The molecule has 1 aromatic carbocycles. The maximum atomic E-state index is 12.0. The lowest BCUT2D eigenvalue weighted by atomic mass is 10.00. The van der Waals surface area contributed by atoms with E-state index < -0.39 is 6.04 Å². The number of H-pyrrole nitrogens is 1. The Kier molecular flexibility index (Phi) is 2.97. The molecule has 104 valence electrons. The smallest absolute Gasteiger partial charge is 0.243 e. The molecule has 1 aliphatic rings. The van der Waals surface area contributed by atoms with Crippen LogP contribution in [0.5, 0.6) is 0 Å². The van der Waals surface area contributed by atoms with Gasteiger partial charge in [0.15, 0.2) is 0 Å². The minimum atomic E-state index is -0.436. The number of aromatic nitrogens is 1. The number of hydrogen-bond acceptors (Lipinski definition) is 2. The second-order valence-corrected chi connectivity index (χ2v) is 5.22. The van der Waals surface area contributed by atoms with Crippen LogP contribution in [-0.2, 0) is 16.0 Å². The standard InChI is InChI=1S/C15H17N3O2/c1-9-11(10-5-3-4-6-12(10)17-9)7-13-15(20)16-8-14(19)18(13)2/h3-6,13,17H,7-8H2,1-2H3,(H,16,20)/t13-/m1/s1. The first-order chi connectivity index (χ1) is 9.58. The molecule has 1 aromatic heterocycles. The van der Waals surface area contributed by atoms with Gasteiger partial charge in [0.1, 0.15) is 6.04 Å². The van der Waals surface area contributed by atoms with Gasteiger partial charge in [-0.15, -0.1) is 0 Å². The van der Waals surface area contributed by atoms with E-state index in [9.17, 15) is 9.59 Å². The summed E-state index contributed by atoms with van der Waals surface area (Å²) in [6.07, 6.45) is 0.532. The molecule has 0 bridgehead atoms. The van der Waals surface area contributed by atoms with Crippen LogP contribution in [0.3, 0.4) is 0 Å². The quantitative estimate of drug-likeness (QED) is 0.855. The van der Waals surface area contributed by atoms with Crippen LogP contribution < -0.4 is 5.32 Å². The SMILES string of the molecule is Cc1[nH]c2ccccc2c1C[C@@H]1C(=O)NCC(=O)N1C. The van der Waals surface area contributed by atoms with Crippen LogP contribution in [0.4, 0.5) is 0 Å². The number of aryl methyl sites for hydroxylation is 1. The molecule has 0 spiro atoms. The zero-order valence-corrected chi connectivity index (χ0v) is 11.6. The lowest BCUT2D eigenvalue weighted by molar-refractivity contribution is -0.143. The van der Waals surface area contributed by atoms with Crippen LogP contribution in [0.2, 0.25) is 0 Å². The van der Waals surface area contributed by atoms with Crippen molar-refractivity contribution in [2.24, 2.45) is 0 Å². The fourth-order valence-corrected chi connectivity index (χ4v) is 2.78. The zero-order valence-electron chi connectivity index (χ0n) is 11.6. The average molecular weight is 271 g/mol. The van der Waals surface area contributed by atoms with Gasteiger partial charge in [-0.1, -0.05) is 18.2 Å². The summed E-state index contributed by atoms with van der Waals surface area (Å²) in [7, 11) is 1.69. The van der Waals surface area contributed by atoms with Crippen LogP contribution in [0.1, 0.15) is 11.3 Å². The summed E-state index contributed by atoms with van der Waals surface area (Å²) in [6.45, 7) is 2.09. The first-order valence-corrected chi connectivity index (χ1v) is 6.67. The van der Waals surface area contributed by atoms with Gasteiger partial charge in [0.05, 0.1) is 6.54 Å². The first kappa shape index (κ1) is 12.7. The number of rotatable bonds is 2. The monoisotopic (exact) mass is 271 g/mol. The fourth-order valence-electron chi connectivity index (χ4n) is 2.78. The Balaban J connectivity index is 1.98. The molecule has 2 aromatic rings. The van der Waals surface area contributed by atoms with Crippen molar-refractivity contribution in [2.45, 2.75) is 19.4 Å². The molecule has 2 heterocycles. The minimum Gasteiger partial charge on any atom is -0.358 e. The van der Waals surface area contributed by atoms with Crippen molar-refractivity contribution in [2.75, 3.05) is 13.6 Å². The molecule has 2 N–H and O–H groups in total. The van der Waals surface area contributed by atoms with Gasteiger partial charge >= 0.3 is 0 Å². The average Bonchev–Trinajstić information content (AvgIpc) is 2.75. The van der Waals surface area contributed by atoms with Gasteiger partial charge < -0.3 is 15.2 Å². The predicted octanol–water partition coefficient (Wildman–Crippen LogP) is 0.976. The number of carbonyl (C=O) groups is 2. The molecule has 5 heteroatoms. The summed E-state index contributed by atoms with van der Waals surface area (Å²) in [4.78, 5) is 28.6. The molecule has 1 aliphatic heterocycles. The Bertz CT molecular complexity index is 689. The Morgan fingerprint density at radius 3 is 2.85 bits per heavy atom. The van der Waals surface area contributed by atoms with Crippen LogP contribution in [0.15, 0.2) is 24.3 Å². The summed E-state index contributed by atoms with van der Waals surface area (Å²) in [5.41, 5.74) is 3.21. The van der Waals surface area contributed by atoms with Crippen molar-refractivity contribution < 1.29 is 9.59 Å². The van der Waals surface area contributed by atoms with Gasteiger partial charge in [0, 0.05) is 30.1 Å². The topological polar surface area (TPSA) is 65.2 Å². The number of likely N-dealkylation sites (N-methyl/N-ethyl adjacent to an activating group) is 1. The van der Waals surface area contributed by atoms with E-state index in [1.807, 2.05) is 31.2 Å². The number of aromatic amines is 1. The number of nitrogens with one attached hydrogen (secondary N) is 2. The third kappa shape index (κ3) is 1.95. The summed E-state index contributed by atoms with van der Waals surface area (Å²) in [6, 6.07) is 7.58. The summed E-state index contributed by atoms with van der Waals surface area (Å²) < 4.78 is 0. The van der Waals surface area contributed by atoms with E-state index in [0.717, 1.165) is 22.2 Å². The van der Waals surface area contributed by atoms with Crippen LogP contribution in [0.25, 0.3) is 10.9 Å². The Morgan fingerprint density at radius 2 is 2.05 bits per heavy atom. The molecule has 1 fully saturated rings. The lowest BCUT2D eigenvalue weighted by Crippen LogP contribution is -2.57. The number of carbonyl (C=O) groups excluding carboxylic acids is 2. The molecule has 0 saturated carbocycles. The normalized spacial score (nSPS) is 19.5. The van der Waals surface area contributed by atoms with E-state index in [4.69, 9.17) is 0 Å². The Labute approximate surface area is 117 Å². The van der Waals surface area contributed by atoms with E-state index in [0.29, 0.717) is 6.42 Å². The number of benzene rings is 1. The molecule has 0 radical (unpaired) electrons. The Morgan fingerprint density at radius 1 is 1.30 bits per heavy atom. The van der Waals surface area contributed by atoms with Crippen LogP contribution in [0, 0.1) is 6.92 Å². The molecule has 0 unspecified atom stereocenters. The molecule has 3 rings (SSSR count). The highest BCUT2D eigenvalue weighted by Crippen LogP contribution is 2.24. The van der Waals surface area contributed by atoms with Gasteiger partial charge in [-0.2, -0.15) is 0 Å². The second-order valence-electron chi connectivity index (χ2n) is 5.22. The molecular weight excluding hydrogens is 254 g/mol. The highest BCUT2D eigenvalue weighted by Gasteiger charge is 2.32. The minimum absolute atomic E-state index is 0.0490. The van der Waals surface area contributed by atoms with Gasteiger partial charge in [-0.25, -0.2) is 0 Å². The fraction of sp³-hybridized carbons (Fsp3) is 0.333. The maximum Gasteiger partial charge on any atom is 0.243 e. The van der Waals surface area contributed by atoms with Crippen LogP contribution >= 0.6 is 0 Å². The number of piperazine rings is 1. The summed E-state index contributed by atoms with van der Waals surface area (Å²) in [5, 5.41) is 3.77. The molecular formula is C15H17N3O2. The van der Waals surface area contributed by atoms with E-state index in [-0.39, 0.29) is 18.4 Å². The van der Waals surface area contributed by atoms with Crippen molar-refractivity contribution in [3.63, 3.8) is 0 Å². The number of para-hydroxylation sites is 1. The predicted molar refractivity (Wildman–Crippen MR) is 76.3 cm³/mol. The third-order valence-corrected chi connectivity index (χ3v) is 4.00. The van der Waals surface area contributed by atoms with E-state index in [1.165, 1.54) is 0 Å². The third-order valence-electron chi connectivity index (χ3n) is 4.00. The van der Waals surface area contributed by atoms with E-state index >= 15 is 0 Å². The van der Waals surface area contributed by atoms with Crippen molar-refractivity contribution >= 4 is 22.7 Å². The van der Waals surface area contributed by atoms with E-state index in [2.05, 4.69) is 10.3 Å². The largest absolute Gasteiger partial charge is 0.358 e. The number of fused-ring (bicyclic) bond motifs is 1. The number of hydrogen-bond donors (Lipinski definition) is 2. The zero-order chi connectivity index (χ0) is 14.3. The summed E-state index contributed by atoms with van der Waals surface area (Å²) >= 11 is 0. The molecule has 1 atom stereocenters. The van der Waals surface area contributed by atoms with Gasteiger partial charge in [0.25, 0.3) is 0 Å². The van der Waals surface area contributed by atoms with E-state index in [1.54, 1.807) is 11.9 Å². The van der Waals surface area contributed by atoms with Crippen molar-refractivity contribution in [1.29, 1.82) is 0 Å². The van der Waals surface area contributed by atoms with Gasteiger partial charge in [-0.05, 0) is 18.6 Å². The molecule has 5 nitrogen and oxygen atoms in total. The van der Waals surface area contributed by atoms with Crippen LogP contribution in [-0.4, -0.2) is 41.3 Å². The lowest BCUT2D eigenvalue weighted by Gasteiger charge is -2.31. The first-order valence-electron chi connectivity index (χ1n) is 6.67. The van der Waals surface area contributed by atoms with Crippen molar-refractivity contribution in [1.82, 2.24) is 15.2 Å². The second kappa shape index (κ2) is 4.67. The molecule has 2 amide bonds. The summed E-state index contributed by atoms with van der Waals surface area (Å²) in [5.74, 6) is -0.135. The molecule has 0 aliphatic carbocycles. The number of nitrogens with zero attached hydrogens (tertiary/aromatic N) is 1. The molecule has 1 saturated heterocycles. The Hall–Kier alpha value is -2.30. The maximum absolute atomic E-state index is 12.0.